The summed E-state index contributed by atoms with van der Waals surface area (Å²) in [5, 5.41) is 3.47. The van der Waals surface area contributed by atoms with Crippen molar-refractivity contribution in [3.05, 3.63) is 23.9 Å². The molecule has 0 amide bonds. The largest absolute Gasteiger partial charge is 0.356 e. The second-order valence-corrected chi connectivity index (χ2v) is 6.93. The topological polar surface area (TPSA) is 28.2 Å². The molecule has 2 rings (SSSR count). The van der Waals surface area contributed by atoms with Gasteiger partial charge in [-0.2, -0.15) is 0 Å². The van der Waals surface area contributed by atoms with Crippen molar-refractivity contribution in [2.75, 3.05) is 24.5 Å². The zero-order valence-corrected chi connectivity index (χ0v) is 14.2. The molecule has 0 spiro atoms. The van der Waals surface area contributed by atoms with E-state index in [0.29, 0.717) is 11.3 Å². The molecule has 1 aromatic heterocycles. The van der Waals surface area contributed by atoms with Crippen molar-refractivity contribution in [1.29, 1.82) is 0 Å². The third kappa shape index (κ3) is 4.19. The summed E-state index contributed by atoms with van der Waals surface area (Å²) in [5.74, 6) is 1.84. The zero-order valence-electron chi connectivity index (χ0n) is 14.2. The second kappa shape index (κ2) is 7.26. The molecule has 3 heteroatoms. The molecular weight excluding hydrogens is 258 g/mol. The Labute approximate surface area is 130 Å². The molecule has 1 saturated heterocycles. The van der Waals surface area contributed by atoms with Crippen LogP contribution in [0.4, 0.5) is 5.82 Å². The molecule has 0 unspecified atom stereocenters. The van der Waals surface area contributed by atoms with Gasteiger partial charge in [0.15, 0.2) is 0 Å². The Bertz CT molecular complexity index is 421. The van der Waals surface area contributed by atoms with E-state index in [-0.39, 0.29) is 0 Å². The molecule has 0 aliphatic carbocycles. The average molecular weight is 289 g/mol. The highest BCUT2D eigenvalue weighted by Crippen LogP contribution is 2.38. The Morgan fingerprint density at radius 3 is 2.57 bits per heavy atom. The van der Waals surface area contributed by atoms with Crippen molar-refractivity contribution in [3.63, 3.8) is 0 Å². The van der Waals surface area contributed by atoms with Gasteiger partial charge in [-0.05, 0) is 48.8 Å². The van der Waals surface area contributed by atoms with Crippen molar-refractivity contribution < 1.29 is 0 Å². The summed E-state index contributed by atoms with van der Waals surface area (Å²) in [6.07, 6.45) is 5.88. The minimum Gasteiger partial charge on any atom is -0.356 e. The van der Waals surface area contributed by atoms with E-state index >= 15 is 0 Å². The fourth-order valence-corrected chi connectivity index (χ4v) is 3.17. The molecule has 0 aromatic carbocycles. The SMILES string of the molecule is CCC1(CC)CCN(c2ccc(CNCC(C)C)cn2)C1. The van der Waals surface area contributed by atoms with Gasteiger partial charge in [-0.15, -0.1) is 0 Å². The van der Waals surface area contributed by atoms with E-state index in [1.54, 1.807) is 0 Å². The number of hydrogen-bond acceptors (Lipinski definition) is 3. The van der Waals surface area contributed by atoms with E-state index in [0.717, 1.165) is 32.0 Å². The molecule has 1 aromatic rings. The lowest BCUT2D eigenvalue weighted by Crippen LogP contribution is -2.26. The number of aromatic nitrogens is 1. The molecule has 1 aliphatic rings. The number of hydrogen-bond donors (Lipinski definition) is 1. The number of rotatable bonds is 7. The molecule has 0 bridgehead atoms. The molecule has 118 valence electrons. The van der Waals surface area contributed by atoms with E-state index in [1.807, 2.05) is 6.20 Å². The van der Waals surface area contributed by atoms with Crippen LogP contribution in [0.15, 0.2) is 18.3 Å². The summed E-state index contributed by atoms with van der Waals surface area (Å²) >= 11 is 0. The highest BCUT2D eigenvalue weighted by Gasteiger charge is 2.35. The highest BCUT2D eigenvalue weighted by atomic mass is 15.2. The average Bonchev–Trinajstić information content (AvgIpc) is 2.93. The van der Waals surface area contributed by atoms with Crippen molar-refractivity contribution in [2.45, 2.75) is 53.5 Å². The van der Waals surface area contributed by atoms with Gasteiger partial charge >= 0.3 is 0 Å². The molecule has 2 heterocycles. The van der Waals surface area contributed by atoms with Gasteiger partial charge in [0.2, 0.25) is 0 Å². The maximum Gasteiger partial charge on any atom is 0.128 e. The maximum absolute atomic E-state index is 4.68. The zero-order chi connectivity index (χ0) is 15.3. The van der Waals surface area contributed by atoms with Gasteiger partial charge in [0, 0.05) is 25.8 Å². The predicted octanol–water partition coefficient (Wildman–Crippen LogP) is 3.84. The first-order valence-electron chi connectivity index (χ1n) is 8.49. The van der Waals surface area contributed by atoms with Crippen LogP contribution in [-0.4, -0.2) is 24.6 Å². The molecule has 21 heavy (non-hydrogen) atoms. The molecule has 0 radical (unpaired) electrons. The van der Waals surface area contributed by atoms with Crippen LogP contribution in [0.5, 0.6) is 0 Å². The van der Waals surface area contributed by atoms with Gasteiger partial charge in [-0.25, -0.2) is 4.98 Å². The summed E-state index contributed by atoms with van der Waals surface area (Å²) < 4.78 is 0. The van der Waals surface area contributed by atoms with Gasteiger partial charge in [0.25, 0.3) is 0 Å². The smallest absolute Gasteiger partial charge is 0.128 e. The van der Waals surface area contributed by atoms with Crippen LogP contribution in [0.3, 0.4) is 0 Å². The van der Waals surface area contributed by atoms with Crippen molar-refractivity contribution in [1.82, 2.24) is 10.3 Å². The van der Waals surface area contributed by atoms with Crippen LogP contribution in [0.25, 0.3) is 0 Å². The fraction of sp³-hybridized carbons (Fsp3) is 0.722. The van der Waals surface area contributed by atoms with E-state index in [4.69, 9.17) is 0 Å². The fourth-order valence-electron chi connectivity index (χ4n) is 3.17. The monoisotopic (exact) mass is 289 g/mol. The standard InChI is InChI=1S/C18H31N3/c1-5-18(6-2)9-10-21(14-18)17-8-7-16(13-20-17)12-19-11-15(3)4/h7-8,13,15,19H,5-6,9-12,14H2,1-4H3. The van der Waals surface area contributed by atoms with Gasteiger partial charge in [-0.3, -0.25) is 0 Å². The number of anilines is 1. The van der Waals surface area contributed by atoms with Gasteiger partial charge in [-0.1, -0.05) is 33.8 Å². The minimum atomic E-state index is 0.513. The first-order chi connectivity index (χ1) is 10.1. The highest BCUT2D eigenvalue weighted by molar-refractivity contribution is 5.41. The van der Waals surface area contributed by atoms with Crippen molar-refractivity contribution >= 4 is 5.82 Å². The van der Waals surface area contributed by atoms with Crippen LogP contribution in [-0.2, 0) is 6.54 Å². The normalized spacial score (nSPS) is 17.7. The van der Waals surface area contributed by atoms with Crippen LogP contribution in [0, 0.1) is 11.3 Å². The molecule has 1 aliphatic heterocycles. The lowest BCUT2D eigenvalue weighted by Gasteiger charge is -2.26. The quantitative estimate of drug-likeness (QED) is 0.826. The Morgan fingerprint density at radius 2 is 2.05 bits per heavy atom. The number of nitrogens with zero attached hydrogens (tertiary/aromatic N) is 2. The predicted molar refractivity (Wildman–Crippen MR) is 90.6 cm³/mol. The van der Waals surface area contributed by atoms with Gasteiger partial charge < -0.3 is 10.2 Å². The first-order valence-corrected chi connectivity index (χ1v) is 8.49. The summed E-state index contributed by atoms with van der Waals surface area (Å²) in [7, 11) is 0. The molecule has 3 nitrogen and oxygen atoms in total. The van der Waals surface area contributed by atoms with Gasteiger partial charge in [0.05, 0.1) is 0 Å². The Hall–Kier alpha value is -1.09. The van der Waals surface area contributed by atoms with Crippen molar-refractivity contribution in [3.8, 4) is 0 Å². The number of nitrogens with one attached hydrogen (secondary N) is 1. The van der Waals surface area contributed by atoms with Gasteiger partial charge in [0.1, 0.15) is 5.82 Å². The molecule has 1 fully saturated rings. The summed E-state index contributed by atoms with van der Waals surface area (Å²) in [6, 6.07) is 4.40. The van der Waals surface area contributed by atoms with E-state index in [2.05, 4.69) is 55.0 Å². The Balaban J connectivity index is 1.91. The summed E-state index contributed by atoms with van der Waals surface area (Å²) in [6.45, 7) is 13.4. The maximum atomic E-state index is 4.68. The lowest BCUT2D eigenvalue weighted by molar-refractivity contribution is 0.301. The summed E-state index contributed by atoms with van der Waals surface area (Å²) in [4.78, 5) is 7.14. The van der Waals surface area contributed by atoms with Crippen LogP contribution >= 0.6 is 0 Å². The molecule has 1 N–H and O–H groups in total. The lowest BCUT2D eigenvalue weighted by atomic mass is 9.82. The third-order valence-corrected chi connectivity index (χ3v) is 4.95. The van der Waals surface area contributed by atoms with E-state index in [1.165, 1.54) is 24.8 Å². The number of pyridine rings is 1. The van der Waals surface area contributed by atoms with Crippen LogP contribution < -0.4 is 10.2 Å². The molecule has 0 saturated carbocycles. The van der Waals surface area contributed by atoms with Crippen molar-refractivity contribution in [2.24, 2.45) is 11.3 Å². The van der Waals surface area contributed by atoms with E-state index < -0.39 is 0 Å². The van der Waals surface area contributed by atoms with Crippen LogP contribution in [0.1, 0.15) is 52.5 Å². The van der Waals surface area contributed by atoms with Crippen LogP contribution in [0.2, 0.25) is 0 Å². The molecule has 0 atom stereocenters. The van der Waals surface area contributed by atoms with E-state index in [9.17, 15) is 0 Å². The Kier molecular flexibility index (Phi) is 5.63. The minimum absolute atomic E-state index is 0.513. The molecular formula is C18H31N3. The summed E-state index contributed by atoms with van der Waals surface area (Å²) in [5.41, 5.74) is 1.79. The second-order valence-electron chi connectivity index (χ2n) is 6.93. The Morgan fingerprint density at radius 1 is 1.29 bits per heavy atom. The first kappa shape index (κ1) is 16.3. The third-order valence-electron chi connectivity index (χ3n) is 4.95.